The molecular formula is C10H21N3O2S. The summed E-state index contributed by atoms with van der Waals surface area (Å²) < 4.78 is 28.4. The molecule has 0 aliphatic carbocycles. The van der Waals surface area contributed by atoms with Crippen LogP contribution in [0, 0.1) is 5.92 Å². The molecule has 0 aromatic heterocycles. The lowest BCUT2D eigenvalue weighted by Gasteiger charge is -2.30. The number of nitrogens with one attached hydrogen (secondary N) is 2. The fraction of sp³-hybridized carbons (Fsp3) is 1.00. The molecule has 2 aliphatic rings. The predicted octanol–water partition coefficient (Wildman–Crippen LogP) is -0.0854. The highest BCUT2D eigenvalue weighted by Gasteiger charge is 2.29. The lowest BCUT2D eigenvalue weighted by Crippen LogP contribution is -2.48. The molecule has 0 radical (unpaired) electrons. The second-order valence-corrected chi connectivity index (χ2v) is 6.60. The van der Waals surface area contributed by atoms with Gasteiger partial charge < -0.3 is 5.32 Å². The van der Waals surface area contributed by atoms with Gasteiger partial charge in [0.1, 0.15) is 0 Å². The fourth-order valence-electron chi connectivity index (χ4n) is 2.27. The van der Waals surface area contributed by atoms with Crippen molar-refractivity contribution in [2.45, 2.75) is 32.2 Å². The molecule has 0 spiro atoms. The maximum Gasteiger partial charge on any atom is 0.279 e. The van der Waals surface area contributed by atoms with Gasteiger partial charge in [-0.1, -0.05) is 6.92 Å². The van der Waals surface area contributed by atoms with E-state index in [9.17, 15) is 8.42 Å². The van der Waals surface area contributed by atoms with E-state index in [1.54, 1.807) is 4.31 Å². The van der Waals surface area contributed by atoms with E-state index in [1.807, 2.05) is 0 Å². The zero-order valence-corrected chi connectivity index (χ0v) is 10.6. The first-order chi connectivity index (χ1) is 7.58. The van der Waals surface area contributed by atoms with Crippen molar-refractivity contribution in [3.05, 3.63) is 0 Å². The van der Waals surface area contributed by atoms with E-state index >= 15 is 0 Å². The molecule has 1 atom stereocenters. The molecule has 1 unspecified atom stereocenters. The molecule has 2 rings (SSSR count). The molecule has 16 heavy (non-hydrogen) atoms. The van der Waals surface area contributed by atoms with Crippen LogP contribution >= 0.6 is 0 Å². The molecule has 2 fully saturated rings. The lowest BCUT2D eigenvalue weighted by atomic mass is 10.0. The molecule has 0 amide bonds. The number of hydrogen-bond acceptors (Lipinski definition) is 3. The van der Waals surface area contributed by atoms with E-state index < -0.39 is 10.2 Å². The Morgan fingerprint density at radius 3 is 2.50 bits per heavy atom. The van der Waals surface area contributed by atoms with Crippen molar-refractivity contribution in [2.75, 3.05) is 26.2 Å². The quantitative estimate of drug-likeness (QED) is 0.733. The largest absolute Gasteiger partial charge is 0.315 e. The van der Waals surface area contributed by atoms with Crippen LogP contribution in [-0.2, 0) is 10.2 Å². The molecule has 2 aliphatic heterocycles. The predicted molar refractivity (Wildman–Crippen MR) is 63.3 cm³/mol. The van der Waals surface area contributed by atoms with Crippen molar-refractivity contribution in [3.63, 3.8) is 0 Å². The third kappa shape index (κ3) is 2.94. The van der Waals surface area contributed by atoms with Gasteiger partial charge in [0, 0.05) is 25.7 Å². The Kier molecular flexibility index (Phi) is 3.84. The zero-order chi connectivity index (χ0) is 11.6. The average molecular weight is 247 g/mol. The summed E-state index contributed by atoms with van der Waals surface area (Å²) in [6.45, 7) is 5.17. The minimum Gasteiger partial charge on any atom is -0.315 e. The van der Waals surface area contributed by atoms with Gasteiger partial charge in [0.2, 0.25) is 0 Å². The maximum atomic E-state index is 12.0. The third-order valence-corrected chi connectivity index (χ3v) is 5.13. The summed E-state index contributed by atoms with van der Waals surface area (Å²) in [5.74, 6) is 0.652. The van der Waals surface area contributed by atoms with Crippen molar-refractivity contribution in [1.29, 1.82) is 0 Å². The highest BCUT2D eigenvalue weighted by Crippen LogP contribution is 2.18. The summed E-state index contributed by atoms with van der Waals surface area (Å²) in [4.78, 5) is 0. The monoisotopic (exact) mass is 247 g/mol. The molecular weight excluding hydrogens is 226 g/mol. The van der Waals surface area contributed by atoms with E-state index in [2.05, 4.69) is 17.0 Å². The third-order valence-electron chi connectivity index (χ3n) is 3.46. The van der Waals surface area contributed by atoms with Gasteiger partial charge in [-0.15, -0.1) is 0 Å². The van der Waals surface area contributed by atoms with Crippen molar-refractivity contribution in [3.8, 4) is 0 Å². The number of hydrogen-bond donors (Lipinski definition) is 2. The summed E-state index contributed by atoms with van der Waals surface area (Å²) in [5.41, 5.74) is 0. The highest BCUT2D eigenvalue weighted by atomic mass is 32.2. The molecule has 0 bridgehead atoms. The second-order valence-electron chi connectivity index (χ2n) is 4.89. The molecule has 0 aromatic rings. The molecule has 5 nitrogen and oxygen atoms in total. The van der Waals surface area contributed by atoms with Gasteiger partial charge in [0.25, 0.3) is 10.2 Å². The normalized spacial score (nSPS) is 29.7. The van der Waals surface area contributed by atoms with Crippen LogP contribution in [-0.4, -0.2) is 44.9 Å². The van der Waals surface area contributed by atoms with E-state index in [1.165, 1.54) is 0 Å². The smallest absolute Gasteiger partial charge is 0.279 e. The topological polar surface area (TPSA) is 61.4 Å². The SMILES string of the molecule is CC1CCN(S(=O)(=O)NC2CCNC2)CC1. The Labute approximate surface area is 97.8 Å². The zero-order valence-electron chi connectivity index (χ0n) is 9.78. The van der Waals surface area contributed by atoms with Crippen LogP contribution in [0.4, 0.5) is 0 Å². The van der Waals surface area contributed by atoms with Crippen LogP contribution in [0.2, 0.25) is 0 Å². The Morgan fingerprint density at radius 1 is 1.25 bits per heavy atom. The van der Waals surface area contributed by atoms with E-state index in [-0.39, 0.29) is 6.04 Å². The standard InChI is InChI=1S/C10H21N3O2S/c1-9-3-6-13(7-4-9)16(14,15)12-10-2-5-11-8-10/h9-12H,2-8H2,1H3. The van der Waals surface area contributed by atoms with E-state index in [4.69, 9.17) is 0 Å². The van der Waals surface area contributed by atoms with Crippen molar-refractivity contribution in [2.24, 2.45) is 5.92 Å². The van der Waals surface area contributed by atoms with Crippen LogP contribution in [0.25, 0.3) is 0 Å². The van der Waals surface area contributed by atoms with Crippen molar-refractivity contribution < 1.29 is 8.42 Å². The minimum atomic E-state index is -3.25. The summed E-state index contributed by atoms with van der Waals surface area (Å²) in [5, 5.41) is 3.16. The van der Waals surface area contributed by atoms with Gasteiger partial charge >= 0.3 is 0 Å². The van der Waals surface area contributed by atoms with Gasteiger partial charge in [0.15, 0.2) is 0 Å². The second kappa shape index (κ2) is 5.00. The van der Waals surface area contributed by atoms with Crippen LogP contribution in [0.15, 0.2) is 0 Å². The minimum absolute atomic E-state index is 0.0735. The van der Waals surface area contributed by atoms with Crippen LogP contribution in [0.5, 0.6) is 0 Å². The molecule has 0 aromatic carbocycles. The molecule has 2 saturated heterocycles. The molecule has 94 valence electrons. The Balaban J connectivity index is 1.90. The number of nitrogens with zero attached hydrogens (tertiary/aromatic N) is 1. The molecule has 6 heteroatoms. The van der Waals surface area contributed by atoms with E-state index in [0.29, 0.717) is 19.0 Å². The Morgan fingerprint density at radius 2 is 1.94 bits per heavy atom. The van der Waals surface area contributed by atoms with Crippen molar-refractivity contribution in [1.82, 2.24) is 14.3 Å². The first-order valence-electron chi connectivity index (χ1n) is 6.06. The van der Waals surface area contributed by atoms with Gasteiger partial charge in [-0.2, -0.15) is 17.4 Å². The number of rotatable bonds is 3. The molecule has 2 heterocycles. The van der Waals surface area contributed by atoms with E-state index in [0.717, 1.165) is 32.4 Å². The van der Waals surface area contributed by atoms with Crippen molar-refractivity contribution >= 4 is 10.2 Å². The maximum absolute atomic E-state index is 12.0. The first kappa shape index (κ1) is 12.3. The summed E-state index contributed by atoms with van der Waals surface area (Å²) >= 11 is 0. The van der Waals surface area contributed by atoms with Crippen LogP contribution < -0.4 is 10.0 Å². The van der Waals surface area contributed by atoms with Crippen LogP contribution in [0.3, 0.4) is 0 Å². The summed E-state index contributed by atoms with van der Waals surface area (Å²) in [6.07, 6.45) is 2.84. The summed E-state index contributed by atoms with van der Waals surface area (Å²) in [6, 6.07) is 0.0735. The first-order valence-corrected chi connectivity index (χ1v) is 7.50. The number of piperidine rings is 1. The van der Waals surface area contributed by atoms with Crippen LogP contribution in [0.1, 0.15) is 26.2 Å². The Bertz CT molecular complexity index is 317. The summed E-state index contributed by atoms with van der Waals surface area (Å²) in [7, 11) is -3.25. The Hall–Kier alpha value is -0.170. The van der Waals surface area contributed by atoms with Gasteiger partial charge in [0.05, 0.1) is 0 Å². The lowest BCUT2D eigenvalue weighted by molar-refractivity contribution is 0.283. The average Bonchev–Trinajstić information content (AvgIpc) is 2.70. The highest BCUT2D eigenvalue weighted by molar-refractivity contribution is 7.87. The molecule has 2 N–H and O–H groups in total. The van der Waals surface area contributed by atoms with Gasteiger partial charge in [-0.25, -0.2) is 0 Å². The van der Waals surface area contributed by atoms with Gasteiger partial charge in [-0.3, -0.25) is 0 Å². The molecule has 0 saturated carbocycles. The fourth-order valence-corrected chi connectivity index (χ4v) is 3.73. The van der Waals surface area contributed by atoms with Gasteiger partial charge in [-0.05, 0) is 31.7 Å².